The molecule has 0 fully saturated rings. The predicted octanol–water partition coefficient (Wildman–Crippen LogP) is 3.67. The van der Waals surface area contributed by atoms with Crippen LogP contribution in [0.25, 0.3) is 0 Å². The van der Waals surface area contributed by atoms with E-state index in [9.17, 15) is 0 Å². The molecule has 20 heavy (non-hydrogen) atoms. The fourth-order valence-corrected chi connectivity index (χ4v) is 2.49. The van der Waals surface area contributed by atoms with Gasteiger partial charge in [-0.15, -0.1) is 0 Å². The number of nitrogens with one attached hydrogen (secondary N) is 1. The van der Waals surface area contributed by atoms with Gasteiger partial charge in [-0.1, -0.05) is 29.8 Å². The Balaban J connectivity index is 2.55. The third kappa shape index (κ3) is 2.89. The average Bonchev–Trinajstić information content (AvgIpc) is 2.49. The van der Waals surface area contributed by atoms with Crippen LogP contribution in [0, 0.1) is 0 Å². The molecule has 0 saturated carbocycles. The van der Waals surface area contributed by atoms with Gasteiger partial charge in [-0.25, -0.2) is 0 Å². The van der Waals surface area contributed by atoms with E-state index in [4.69, 9.17) is 21.1 Å². The molecule has 0 amide bonds. The molecular weight excluding hydrogens is 274 g/mol. The van der Waals surface area contributed by atoms with Gasteiger partial charge in [0.25, 0.3) is 0 Å². The van der Waals surface area contributed by atoms with Gasteiger partial charge in [0.1, 0.15) is 11.5 Å². The normalized spacial score (nSPS) is 12.0. The van der Waals surface area contributed by atoms with E-state index < -0.39 is 0 Å². The van der Waals surface area contributed by atoms with Crippen molar-refractivity contribution in [1.82, 2.24) is 5.32 Å². The van der Waals surface area contributed by atoms with Crippen molar-refractivity contribution in [3.63, 3.8) is 0 Å². The van der Waals surface area contributed by atoms with Gasteiger partial charge in [0.15, 0.2) is 0 Å². The SMILES string of the molecule is CNC(c1ccccc1OC)c1cc(Cl)ccc1OC. The highest BCUT2D eigenvalue weighted by Crippen LogP contribution is 2.35. The second kappa shape index (κ2) is 6.64. The minimum Gasteiger partial charge on any atom is -0.496 e. The summed E-state index contributed by atoms with van der Waals surface area (Å²) in [5.74, 6) is 1.62. The minimum absolute atomic E-state index is 0.0557. The Labute approximate surface area is 124 Å². The second-order valence-electron chi connectivity index (χ2n) is 4.35. The van der Waals surface area contributed by atoms with Gasteiger partial charge in [0.2, 0.25) is 0 Å². The number of halogens is 1. The number of methoxy groups -OCH3 is 2. The first kappa shape index (κ1) is 14.7. The molecule has 1 unspecified atom stereocenters. The lowest BCUT2D eigenvalue weighted by atomic mass is 9.97. The van der Waals surface area contributed by atoms with Crippen LogP contribution in [0.3, 0.4) is 0 Å². The lowest BCUT2D eigenvalue weighted by molar-refractivity contribution is 0.396. The number of hydrogen-bond donors (Lipinski definition) is 1. The summed E-state index contributed by atoms with van der Waals surface area (Å²) in [5.41, 5.74) is 2.02. The standard InChI is InChI=1S/C16H18ClNO2/c1-18-16(12-6-4-5-7-14(12)19-2)13-10-11(17)8-9-15(13)20-3/h4-10,16,18H,1-3H3. The highest BCUT2D eigenvalue weighted by Gasteiger charge is 2.20. The highest BCUT2D eigenvalue weighted by atomic mass is 35.5. The molecule has 0 heterocycles. The highest BCUT2D eigenvalue weighted by molar-refractivity contribution is 6.30. The molecule has 4 heteroatoms. The predicted molar refractivity (Wildman–Crippen MR) is 81.9 cm³/mol. The Morgan fingerprint density at radius 2 is 1.60 bits per heavy atom. The molecule has 1 N–H and O–H groups in total. The Morgan fingerprint density at radius 1 is 0.950 bits per heavy atom. The first-order valence-corrected chi connectivity index (χ1v) is 6.72. The lowest BCUT2D eigenvalue weighted by Gasteiger charge is -2.22. The summed E-state index contributed by atoms with van der Waals surface area (Å²) in [7, 11) is 5.22. The van der Waals surface area contributed by atoms with Gasteiger partial charge in [0.05, 0.1) is 20.3 Å². The van der Waals surface area contributed by atoms with Gasteiger partial charge in [-0.3, -0.25) is 0 Å². The fraction of sp³-hybridized carbons (Fsp3) is 0.250. The van der Waals surface area contributed by atoms with E-state index in [1.54, 1.807) is 14.2 Å². The Hall–Kier alpha value is -1.71. The molecule has 1 atom stereocenters. The van der Waals surface area contributed by atoms with Gasteiger partial charge >= 0.3 is 0 Å². The van der Waals surface area contributed by atoms with Gasteiger partial charge < -0.3 is 14.8 Å². The molecular formula is C16H18ClNO2. The van der Waals surface area contributed by atoms with Gasteiger partial charge in [-0.2, -0.15) is 0 Å². The largest absolute Gasteiger partial charge is 0.496 e. The summed E-state index contributed by atoms with van der Waals surface area (Å²) in [5, 5.41) is 3.97. The molecule has 3 nitrogen and oxygen atoms in total. The lowest BCUT2D eigenvalue weighted by Crippen LogP contribution is -2.19. The van der Waals surface area contributed by atoms with Gasteiger partial charge in [-0.05, 0) is 31.3 Å². The maximum atomic E-state index is 6.12. The molecule has 2 aromatic carbocycles. The second-order valence-corrected chi connectivity index (χ2v) is 4.79. The first-order chi connectivity index (χ1) is 9.71. The van der Waals surface area contributed by atoms with E-state index in [1.165, 1.54) is 0 Å². The molecule has 0 radical (unpaired) electrons. The van der Waals surface area contributed by atoms with E-state index in [-0.39, 0.29) is 6.04 Å². The fourth-order valence-electron chi connectivity index (χ4n) is 2.31. The van der Waals surface area contributed by atoms with Crippen molar-refractivity contribution >= 4 is 11.6 Å². The average molecular weight is 292 g/mol. The quantitative estimate of drug-likeness (QED) is 0.912. The van der Waals surface area contributed by atoms with Crippen molar-refractivity contribution in [2.45, 2.75) is 6.04 Å². The van der Waals surface area contributed by atoms with Crippen LogP contribution in [0.15, 0.2) is 42.5 Å². The van der Waals surface area contributed by atoms with Crippen LogP contribution >= 0.6 is 11.6 Å². The Kier molecular flexibility index (Phi) is 4.88. The van der Waals surface area contributed by atoms with Crippen molar-refractivity contribution in [3.8, 4) is 11.5 Å². The zero-order valence-corrected chi connectivity index (χ0v) is 12.6. The molecule has 0 aliphatic carbocycles. The molecule has 0 aliphatic rings. The van der Waals surface area contributed by atoms with E-state index >= 15 is 0 Å². The number of hydrogen-bond acceptors (Lipinski definition) is 3. The third-order valence-corrected chi connectivity index (χ3v) is 3.48. The summed E-state index contributed by atoms with van der Waals surface area (Å²) >= 11 is 6.12. The minimum atomic E-state index is -0.0557. The number of ether oxygens (including phenoxy) is 2. The smallest absolute Gasteiger partial charge is 0.124 e. The van der Waals surface area contributed by atoms with Crippen molar-refractivity contribution < 1.29 is 9.47 Å². The molecule has 0 aromatic heterocycles. The zero-order valence-electron chi connectivity index (χ0n) is 11.8. The van der Waals surface area contributed by atoms with Crippen molar-refractivity contribution in [2.75, 3.05) is 21.3 Å². The van der Waals surface area contributed by atoms with Crippen LogP contribution in [-0.2, 0) is 0 Å². The maximum Gasteiger partial charge on any atom is 0.124 e. The summed E-state index contributed by atoms with van der Waals surface area (Å²) in [4.78, 5) is 0. The van der Waals surface area contributed by atoms with Crippen LogP contribution < -0.4 is 14.8 Å². The summed E-state index contributed by atoms with van der Waals surface area (Å²) in [6.45, 7) is 0. The maximum absolute atomic E-state index is 6.12. The van der Waals surface area contributed by atoms with E-state index in [0.717, 1.165) is 22.6 Å². The van der Waals surface area contributed by atoms with Crippen LogP contribution in [0.5, 0.6) is 11.5 Å². The summed E-state index contributed by atoms with van der Waals surface area (Å²) in [6.07, 6.45) is 0. The molecule has 106 valence electrons. The zero-order chi connectivity index (χ0) is 14.5. The van der Waals surface area contributed by atoms with Gasteiger partial charge in [0, 0.05) is 16.1 Å². The topological polar surface area (TPSA) is 30.5 Å². The summed E-state index contributed by atoms with van der Waals surface area (Å²) in [6, 6.07) is 13.4. The van der Waals surface area contributed by atoms with Crippen molar-refractivity contribution in [1.29, 1.82) is 0 Å². The Morgan fingerprint density at radius 3 is 2.25 bits per heavy atom. The van der Waals surface area contributed by atoms with Crippen molar-refractivity contribution in [2.24, 2.45) is 0 Å². The van der Waals surface area contributed by atoms with E-state index in [1.807, 2.05) is 49.5 Å². The van der Waals surface area contributed by atoms with E-state index in [2.05, 4.69) is 5.32 Å². The number of para-hydroxylation sites is 1. The molecule has 2 rings (SSSR count). The van der Waals surface area contributed by atoms with Crippen LogP contribution in [0.1, 0.15) is 17.2 Å². The Bertz CT molecular complexity index is 586. The number of rotatable bonds is 5. The molecule has 0 spiro atoms. The molecule has 0 bridgehead atoms. The van der Waals surface area contributed by atoms with Crippen LogP contribution in [0.2, 0.25) is 5.02 Å². The third-order valence-electron chi connectivity index (χ3n) is 3.24. The monoisotopic (exact) mass is 291 g/mol. The number of benzene rings is 2. The van der Waals surface area contributed by atoms with E-state index in [0.29, 0.717) is 5.02 Å². The molecule has 0 aliphatic heterocycles. The molecule has 2 aromatic rings. The molecule has 0 saturated heterocycles. The van der Waals surface area contributed by atoms with Crippen LogP contribution in [-0.4, -0.2) is 21.3 Å². The first-order valence-electron chi connectivity index (χ1n) is 6.35. The van der Waals surface area contributed by atoms with Crippen molar-refractivity contribution in [3.05, 3.63) is 58.6 Å². The summed E-state index contributed by atoms with van der Waals surface area (Å²) < 4.78 is 10.9. The van der Waals surface area contributed by atoms with Crippen LogP contribution in [0.4, 0.5) is 0 Å².